The molecule has 0 saturated carbocycles. The van der Waals surface area contributed by atoms with E-state index in [1.54, 1.807) is 12.4 Å². The van der Waals surface area contributed by atoms with Crippen molar-refractivity contribution in [1.29, 1.82) is 0 Å². The fraction of sp³-hybridized carbons (Fsp3) is 0.542. The number of hydrogen-bond donors (Lipinski definition) is 1. The summed E-state index contributed by atoms with van der Waals surface area (Å²) in [5.74, 6) is 7.70. The SMILES string of the molecule is CC[C@@H]1C[C@H](c2ncc(OCCCCC(=O)OC(C)(C)C)cn2)c2ccccc2N1N. The molecule has 7 heteroatoms. The average molecular weight is 427 g/mol. The standard InChI is InChI=1S/C24H34N4O3/c1-5-17-14-20(19-10-6-7-11-21(19)28(17)25)23-26-15-18(16-27-23)30-13-9-8-12-22(29)31-24(2,3)4/h6-7,10-11,15-17,20H,5,8-9,12-14,25H2,1-4H3/t17-,20+/m1/s1. The Hall–Kier alpha value is -2.67. The Morgan fingerprint density at radius 2 is 1.90 bits per heavy atom. The van der Waals surface area contributed by atoms with Crippen molar-refractivity contribution in [3.05, 3.63) is 48.0 Å². The van der Waals surface area contributed by atoms with Crippen molar-refractivity contribution in [2.45, 2.75) is 77.4 Å². The predicted octanol–water partition coefficient (Wildman–Crippen LogP) is 4.36. The maximum atomic E-state index is 11.7. The van der Waals surface area contributed by atoms with E-state index in [0.717, 1.165) is 42.8 Å². The summed E-state index contributed by atoms with van der Waals surface area (Å²) in [7, 11) is 0. The van der Waals surface area contributed by atoms with Crippen molar-refractivity contribution in [3.8, 4) is 5.75 Å². The van der Waals surface area contributed by atoms with Crippen molar-refractivity contribution >= 4 is 11.7 Å². The predicted molar refractivity (Wildman–Crippen MR) is 121 cm³/mol. The molecule has 2 aromatic rings. The number of nitrogens with zero attached hydrogens (tertiary/aromatic N) is 3. The molecule has 1 aliphatic heterocycles. The van der Waals surface area contributed by atoms with Gasteiger partial charge < -0.3 is 14.5 Å². The topological polar surface area (TPSA) is 90.6 Å². The van der Waals surface area contributed by atoms with Crippen LogP contribution >= 0.6 is 0 Å². The largest absolute Gasteiger partial charge is 0.490 e. The minimum absolute atomic E-state index is 0.115. The van der Waals surface area contributed by atoms with Gasteiger partial charge in [-0.3, -0.25) is 4.79 Å². The Labute approximate surface area is 184 Å². The number of anilines is 1. The van der Waals surface area contributed by atoms with E-state index in [-0.39, 0.29) is 17.9 Å². The number of hydrazine groups is 1. The number of hydrogen-bond acceptors (Lipinski definition) is 7. The highest BCUT2D eigenvalue weighted by Gasteiger charge is 2.32. The molecular weight excluding hydrogens is 392 g/mol. The summed E-state index contributed by atoms with van der Waals surface area (Å²) >= 11 is 0. The second-order valence-electron chi connectivity index (χ2n) is 8.99. The van der Waals surface area contributed by atoms with E-state index in [2.05, 4.69) is 29.0 Å². The number of carbonyl (C=O) groups is 1. The quantitative estimate of drug-likeness (QED) is 0.381. The monoisotopic (exact) mass is 426 g/mol. The van der Waals surface area contributed by atoms with Gasteiger partial charge in [0.1, 0.15) is 11.4 Å². The highest BCUT2D eigenvalue weighted by molar-refractivity contribution is 5.69. The van der Waals surface area contributed by atoms with Crippen LogP contribution in [0.1, 0.15) is 77.1 Å². The van der Waals surface area contributed by atoms with E-state index in [9.17, 15) is 4.79 Å². The third-order valence-electron chi connectivity index (χ3n) is 5.39. The zero-order chi connectivity index (χ0) is 22.4. The number of aromatic nitrogens is 2. The molecule has 2 heterocycles. The molecular formula is C24H34N4O3. The summed E-state index contributed by atoms with van der Waals surface area (Å²) in [6.07, 6.45) is 7.19. The van der Waals surface area contributed by atoms with Crippen LogP contribution in [0.4, 0.5) is 5.69 Å². The number of benzene rings is 1. The molecule has 2 atom stereocenters. The number of fused-ring (bicyclic) bond motifs is 1. The number of unbranched alkanes of at least 4 members (excludes halogenated alkanes) is 1. The molecule has 0 aliphatic carbocycles. The fourth-order valence-corrected chi connectivity index (χ4v) is 3.87. The van der Waals surface area contributed by atoms with Crippen molar-refractivity contribution < 1.29 is 14.3 Å². The Bertz CT molecular complexity index is 864. The first-order valence-corrected chi connectivity index (χ1v) is 11.1. The van der Waals surface area contributed by atoms with Crippen molar-refractivity contribution in [2.75, 3.05) is 11.6 Å². The molecule has 1 aromatic heterocycles. The molecule has 0 radical (unpaired) electrons. The van der Waals surface area contributed by atoms with E-state index in [1.165, 1.54) is 0 Å². The zero-order valence-electron chi connectivity index (χ0n) is 19.0. The zero-order valence-corrected chi connectivity index (χ0v) is 19.0. The van der Waals surface area contributed by atoms with Crippen molar-refractivity contribution in [3.63, 3.8) is 0 Å². The molecule has 2 N–H and O–H groups in total. The number of esters is 1. The lowest BCUT2D eigenvalue weighted by atomic mass is 9.85. The van der Waals surface area contributed by atoms with Crippen LogP contribution in [0.2, 0.25) is 0 Å². The summed E-state index contributed by atoms with van der Waals surface area (Å²) in [6.45, 7) is 8.28. The van der Waals surface area contributed by atoms with Gasteiger partial charge in [0, 0.05) is 18.4 Å². The average Bonchev–Trinajstić information content (AvgIpc) is 2.73. The maximum Gasteiger partial charge on any atom is 0.306 e. The molecule has 1 aliphatic rings. The Balaban J connectivity index is 1.54. The molecule has 3 rings (SSSR count). The molecule has 0 fully saturated rings. The first kappa shape index (κ1) is 23.0. The van der Waals surface area contributed by atoms with Crippen molar-refractivity contribution in [2.24, 2.45) is 5.84 Å². The minimum Gasteiger partial charge on any atom is -0.490 e. The Morgan fingerprint density at radius 3 is 2.58 bits per heavy atom. The summed E-state index contributed by atoms with van der Waals surface area (Å²) in [5.41, 5.74) is 1.76. The molecule has 0 unspecified atom stereocenters. The van der Waals surface area contributed by atoms with E-state index in [1.807, 2.05) is 37.9 Å². The summed E-state index contributed by atoms with van der Waals surface area (Å²) < 4.78 is 11.1. The number of nitrogens with two attached hydrogens (primary N) is 1. The number of rotatable bonds is 8. The number of carbonyl (C=O) groups excluding carboxylic acids is 1. The molecule has 0 amide bonds. The second kappa shape index (κ2) is 10.1. The first-order valence-electron chi connectivity index (χ1n) is 11.1. The van der Waals surface area contributed by atoms with Crippen LogP contribution in [0.3, 0.4) is 0 Å². The van der Waals surface area contributed by atoms with Crippen LogP contribution in [0, 0.1) is 0 Å². The first-order chi connectivity index (χ1) is 14.8. The summed E-state index contributed by atoms with van der Waals surface area (Å²) in [5, 5.41) is 1.88. The maximum absolute atomic E-state index is 11.7. The lowest BCUT2D eigenvalue weighted by molar-refractivity contribution is -0.154. The third kappa shape index (κ3) is 6.17. The number of para-hydroxylation sites is 1. The van der Waals surface area contributed by atoms with Gasteiger partial charge in [-0.05, 0) is 58.1 Å². The van der Waals surface area contributed by atoms with Gasteiger partial charge in [-0.2, -0.15) is 0 Å². The van der Waals surface area contributed by atoms with Crippen LogP contribution in [-0.2, 0) is 9.53 Å². The van der Waals surface area contributed by atoms with E-state index >= 15 is 0 Å². The van der Waals surface area contributed by atoms with Gasteiger partial charge in [-0.25, -0.2) is 15.8 Å². The molecule has 1 aromatic carbocycles. The second-order valence-corrected chi connectivity index (χ2v) is 8.99. The van der Waals surface area contributed by atoms with Crippen LogP contribution < -0.4 is 15.6 Å². The van der Waals surface area contributed by atoms with Gasteiger partial charge in [0.25, 0.3) is 0 Å². The van der Waals surface area contributed by atoms with Gasteiger partial charge >= 0.3 is 5.97 Å². The molecule has 0 saturated heterocycles. The lowest BCUT2D eigenvalue weighted by Gasteiger charge is -2.38. The molecule has 0 spiro atoms. The van der Waals surface area contributed by atoms with Gasteiger partial charge in [-0.1, -0.05) is 25.1 Å². The van der Waals surface area contributed by atoms with Gasteiger partial charge in [0.15, 0.2) is 5.75 Å². The highest BCUT2D eigenvalue weighted by atomic mass is 16.6. The Kier molecular flexibility index (Phi) is 7.49. The van der Waals surface area contributed by atoms with Gasteiger partial charge in [0.2, 0.25) is 0 Å². The number of ether oxygens (including phenoxy) is 2. The smallest absolute Gasteiger partial charge is 0.306 e. The normalized spacial score (nSPS) is 18.4. The Morgan fingerprint density at radius 1 is 1.19 bits per heavy atom. The third-order valence-corrected chi connectivity index (χ3v) is 5.39. The van der Waals surface area contributed by atoms with Gasteiger partial charge in [0.05, 0.1) is 24.7 Å². The summed E-state index contributed by atoms with van der Waals surface area (Å²) in [4.78, 5) is 20.9. The molecule has 7 nitrogen and oxygen atoms in total. The minimum atomic E-state index is -0.439. The molecule has 0 bridgehead atoms. The lowest BCUT2D eigenvalue weighted by Crippen LogP contribution is -2.45. The molecule has 31 heavy (non-hydrogen) atoms. The van der Waals surface area contributed by atoms with Crippen LogP contribution in [-0.4, -0.2) is 34.2 Å². The van der Waals surface area contributed by atoms with Crippen LogP contribution in [0.15, 0.2) is 36.7 Å². The van der Waals surface area contributed by atoms with E-state index in [4.69, 9.17) is 15.3 Å². The highest BCUT2D eigenvalue weighted by Crippen LogP contribution is 2.40. The summed E-state index contributed by atoms with van der Waals surface area (Å²) in [6, 6.07) is 8.45. The molecule has 168 valence electrons. The van der Waals surface area contributed by atoms with Gasteiger partial charge in [-0.15, -0.1) is 0 Å². The van der Waals surface area contributed by atoms with E-state index < -0.39 is 5.60 Å². The van der Waals surface area contributed by atoms with Crippen LogP contribution in [0.5, 0.6) is 5.75 Å². The van der Waals surface area contributed by atoms with E-state index in [0.29, 0.717) is 18.8 Å². The fourth-order valence-electron chi connectivity index (χ4n) is 3.87. The van der Waals surface area contributed by atoms with Crippen molar-refractivity contribution in [1.82, 2.24) is 9.97 Å². The van der Waals surface area contributed by atoms with Crippen LogP contribution in [0.25, 0.3) is 0 Å².